The summed E-state index contributed by atoms with van der Waals surface area (Å²) in [6, 6.07) is 10.0. The fourth-order valence-corrected chi connectivity index (χ4v) is 4.44. The molecule has 2 fully saturated rings. The smallest absolute Gasteiger partial charge is 0.168 e. The minimum atomic E-state index is 0.428. The third-order valence-electron chi connectivity index (χ3n) is 6.15. The molecule has 1 aromatic carbocycles. The van der Waals surface area contributed by atoms with E-state index < -0.39 is 0 Å². The van der Waals surface area contributed by atoms with Crippen molar-refractivity contribution in [3.8, 4) is 22.6 Å². The predicted octanol–water partition coefficient (Wildman–Crippen LogP) is 4.00. The van der Waals surface area contributed by atoms with E-state index in [4.69, 9.17) is 19.6 Å². The van der Waals surface area contributed by atoms with Crippen molar-refractivity contribution < 1.29 is 9.47 Å². The number of rotatable bonds is 6. The molecule has 3 heterocycles. The summed E-state index contributed by atoms with van der Waals surface area (Å²) >= 11 is 0. The first-order valence-corrected chi connectivity index (χ1v) is 10.5. The van der Waals surface area contributed by atoms with Crippen molar-refractivity contribution in [1.29, 1.82) is 0 Å². The second-order valence-corrected chi connectivity index (χ2v) is 8.27. The van der Waals surface area contributed by atoms with E-state index in [2.05, 4.69) is 11.0 Å². The summed E-state index contributed by atoms with van der Waals surface area (Å²) < 4.78 is 13.0. The van der Waals surface area contributed by atoms with Crippen molar-refractivity contribution in [1.82, 2.24) is 19.5 Å². The Morgan fingerprint density at radius 3 is 2.76 bits per heavy atom. The molecule has 1 saturated carbocycles. The SMILES string of the molecule is COc1cccc(-c2ccc3nc([C@H]4CCCN(CC5CC5)C4)nn3c2)c1OC. The van der Waals surface area contributed by atoms with Crippen molar-refractivity contribution >= 4 is 5.65 Å². The Hall–Kier alpha value is -2.60. The number of para-hydroxylation sites is 1. The van der Waals surface area contributed by atoms with E-state index in [0.29, 0.717) is 5.92 Å². The molecule has 0 radical (unpaired) electrons. The molecule has 5 rings (SSSR count). The molecule has 0 spiro atoms. The van der Waals surface area contributed by atoms with Gasteiger partial charge in [-0.25, -0.2) is 9.50 Å². The number of fused-ring (bicyclic) bond motifs is 1. The maximum atomic E-state index is 5.61. The van der Waals surface area contributed by atoms with Gasteiger partial charge < -0.3 is 14.4 Å². The van der Waals surface area contributed by atoms with Crippen molar-refractivity contribution in [2.45, 2.75) is 31.6 Å². The van der Waals surface area contributed by atoms with Crippen LogP contribution in [0.4, 0.5) is 0 Å². The Labute approximate surface area is 171 Å². The van der Waals surface area contributed by atoms with Crippen LogP contribution in [0.1, 0.15) is 37.4 Å². The summed E-state index contributed by atoms with van der Waals surface area (Å²) in [5.41, 5.74) is 2.91. The number of hydrogen-bond donors (Lipinski definition) is 0. The van der Waals surface area contributed by atoms with E-state index in [0.717, 1.165) is 46.6 Å². The molecule has 0 N–H and O–H groups in total. The van der Waals surface area contributed by atoms with Crippen LogP contribution >= 0.6 is 0 Å². The zero-order valence-electron chi connectivity index (χ0n) is 17.2. The maximum Gasteiger partial charge on any atom is 0.168 e. The van der Waals surface area contributed by atoms with Crippen molar-refractivity contribution in [3.63, 3.8) is 0 Å². The highest BCUT2D eigenvalue weighted by molar-refractivity contribution is 5.74. The molecule has 1 aliphatic heterocycles. The summed E-state index contributed by atoms with van der Waals surface area (Å²) in [7, 11) is 3.33. The normalized spacial score (nSPS) is 20.1. The molecule has 1 saturated heterocycles. The van der Waals surface area contributed by atoms with Crippen LogP contribution in [0.2, 0.25) is 0 Å². The number of pyridine rings is 1. The quantitative estimate of drug-likeness (QED) is 0.635. The van der Waals surface area contributed by atoms with Gasteiger partial charge >= 0.3 is 0 Å². The van der Waals surface area contributed by atoms with Crippen LogP contribution in [0.5, 0.6) is 11.5 Å². The van der Waals surface area contributed by atoms with Gasteiger partial charge in [-0.2, -0.15) is 5.10 Å². The lowest BCUT2D eigenvalue weighted by molar-refractivity contribution is 0.197. The Bertz CT molecular complexity index is 1010. The first-order valence-electron chi connectivity index (χ1n) is 10.5. The molecule has 3 aromatic rings. The lowest BCUT2D eigenvalue weighted by Crippen LogP contribution is -2.36. The van der Waals surface area contributed by atoms with E-state index in [1.807, 2.05) is 35.0 Å². The van der Waals surface area contributed by atoms with Crippen LogP contribution in [-0.4, -0.2) is 53.4 Å². The first kappa shape index (κ1) is 18.4. The summed E-state index contributed by atoms with van der Waals surface area (Å²) in [6.45, 7) is 3.56. The second kappa shape index (κ2) is 7.67. The summed E-state index contributed by atoms with van der Waals surface area (Å²) in [6.07, 6.45) is 7.26. The molecule has 6 heteroatoms. The van der Waals surface area contributed by atoms with E-state index >= 15 is 0 Å². The highest BCUT2D eigenvalue weighted by atomic mass is 16.5. The molecule has 1 aliphatic carbocycles. The molecule has 0 amide bonds. The molecular weight excluding hydrogens is 364 g/mol. The molecule has 2 aliphatic rings. The van der Waals surface area contributed by atoms with Crippen LogP contribution in [0, 0.1) is 5.92 Å². The zero-order valence-corrected chi connectivity index (χ0v) is 17.2. The van der Waals surface area contributed by atoms with Gasteiger partial charge in [0.2, 0.25) is 0 Å². The van der Waals surface area contributed by atoms with Gasteiger partial charge in [0.15, 0.2) is 23.0 Å². The van der Waals surface area contributed by atoms with Crippen LogP contribution in [0.25, 0.3) is 16.8 Å². The van der Waals surface area contributed by atoms with Gasteiger partial charge in [0.25, 0.3) is 0 Å². The lowest BCUT2D eigenvalue weighted by atomic mass is 9.97. The minimum Gasteiger partial charge on any atom is -0.493 e. The summed E-state index contributed by atoms with van der Waals surface area (Å²) in [5, 5.41) is 4.86. The Morgan fingerprint density at radius 1 is 1.07 bits per heavy atom. The molecule has 2 aromatic heterocycles. The average Bonchev–Trinajstić information content (AvgIpc) is 3.47. The fourth-order valence-electron chi connectivity index (χ4n) is 4.44. The number of likely N-dealkylation sites (tertiary alicyclic amines) is 1. The van der Waals surface area contributed by atoms with Crippen molar-refractivity contribution in [2.75, 3.05) is 33.9 Å². The number of methoxy groups -OCH3 is 2. The van der Waals surface area contributed by atoms with E-state index in [-0.39, 0.29) is 0 Å². The van der Waals surface area contributed by atoms with Gasteiger partial charge in [-0.1, -0.05) is 12.1 Å². The maximum absolute atomic E-state index is 5.61. The molecule has 1 atom stereocenters. The summed E-state index contributed by atoms with van der Waals surface area (Å²) in [5.74, 6) is 3.79. The second-order valence-electron chi connectivity index (χ2n) is 8.27. The fraction of sp³-hybridized carbons (Fsp3) is 0.478. The Morgan fingerprint density at radius 2 is 1.97 bits per heavy atom. The zero-order chi connectivity index (χ0) is 19.8. The number of aromatic nitrogens is 3. The standard InChI is InChI=1S/C23H28N4O2/c1-28-20-7-3-6-19(22(20)29-2)17-10-11-21-24-23(25-27(21)15-17)18-5-4-12-26(14-18)13-16-8-9-16/h3,6-7,10-11,15-16,18H,4-5,8-9,12-14H2,1-2H3/t18-/m0/s1. The van der Waals surface area contributed by atoms with Crippen LogP contribution in [0.15, 0.2) is 36.5 Å². The highest BCUT2D eigenvalue weighted by Gasteiger charge is 2.29. The van der Waals surface area contributed by atoms with Gasteiger partial charge in [-0.3, -0.25) is 0 Å². The van der Waals surface area contributed by atoms with Crippen LogP contribution in [0.3, 0.4) is 0 Å². The van der Waals surface area contributed by atoms with E-state index in [9.17, 15) is 0 Å². The van der Waals surface area contributed by atoms with Crippen molar-refractivity contribution in [3.05, 3.63) is 42.4 Å². The van der Waals surface area contributed by atoms with Gasteiger partial charge in [0.05, 0.1) is 14.2 Å². The molecule has 0 unspecified atom stereocenters. The van der Waals surface area contributed by atoms with Gasteiger partial charge in [0, 0.05) is 36.3 Å². The average molecular weight is 393 g/mol. The lowest BCUT2D eigenvalue weighted by Gasteiger charge is -2.31. The van der Waals surface area contributed by atoms with E-state index in [1.165, 1.54) is 38.8 Å². The third kappa shape index (κ3) is 3.69. The largest absolute Gasteiger partial charge is 0.493 e. The third-order valence-corrected chi connectivity index (χ3v) is 6.15. The van der Waals surface area contributed by atoms with Crippen LogP contribution < -0.4 is 9.47 Å². The monoisotopic (exact) mass is 392 g/mol. The number of benzene rings is 1. The number of hydrogen-bond acceptors (Lipinski definition) is 5. The van der Waals surface area contributed by atoms with E-state index in [1.54, 1.807) is 14.2 Å². The first-order chi connectivity index (χ1) is 14.2. The van der Waals surface area contributed by atoms with Gasteiger partial charge in [0.1, 0.15) is 0 Å². The minimum absolute atomic E-state index is 0.428. The molecule has 6 nitrogen and oxygen atoms in total. The number of ether oxygens (including phenoxy) is 2. The van der Waals surface area contributed by atoms with Gasteiger partial charge in [-0.05, 0) is 56.3 Å². The Kier molecular flexibility index (Phi) is 4.87. The highest BCUT2D eigenvalue weighted by Crippen LogP contribution is 2.38. The summed E-state index contributed by atoms with van der Waals surface area (Å²) in [4.78, 5) is 7.46. The molecule has 29 heavy (non-hydrogen) atoms. The number of piperidine rings is 1. The topological polar surface area (TPSA) is 51.9 Å². The van der Waals surface area contributed by atoms with Crippen LogP contribution in [-0.2, 0) is 0 Å². The van der Waals surface area contributed by atoms with Crippen molar-refractivity contribution in [2.24, 2.45) is 5.92 Å². The van der Waals surface area contributed by atoms with Gasteiger partial charge in [-0.15, -0.1) is 0 Å². The molecule has 152 valence electrons. The predicted molar refractivity (Wildman–Crippen MR) is 113 cm³/mol. The Balaban J connectivity index is 1.43. The number of nitrogens with zero attached hydrogens (tertiary/aromatic N) is 4. The molecule has 0 bridgehead atoms. The molecular formula is C23H28N4O2.